The number of hydrogen-bond acceptors (Lipinski definition) is 4. The summed E-state index contributed by atoms with van der Waals surface area (Å²) in [6.07, 6.45) is 2.20. The normalized spacial score (nSPS) is 11.7. The van der Waals surface area contributed by atoms with Gasteiger partial charge < -0.3 is 5.11 Å². The summed E-state index contributed by atoms with van der Waals surface area (Å²) >= 11 is 1.66. The molecule has 9 heteroatoms. The van der Waals surface area contributed by atoms with Crippen molar-refractivity contribution in [3.8, 4) is 34.0 Å². The highest BCUT2D eigenvalue weighted by Gasteiger charge is 2.34. The minimum atomic E-state index is -4.54. The van der Waals surface area contributed by atoms with Gasteiger partial charge in [-0.15, -0.1) is 11.8 Å². The molecule has 2 aromatic heterocycles. The van der Waals surface area contributed by atoms with Crippen LogP contribution in [0.4, 0.5) is 13.2 Å². The fraction of sp³-hybridized carbons (Fsp3) is 0.111. The molecule has 0 bridgehead atoms. The van der Waals surface area contributed by atoms with Crippen LogP contribution in [0, 0.1) is 0 Å². The minimum Gasteiger partial charge on any atom is -0.390 e. The van der Waals surface area contributed by atoms with Crippen molar-refractivity contribution in [2.24, 2.45) is 0 Å². The molecule has 0 saturated heterocycles. The molecular formula is C27H21F3N4OS. The lowest BCUT2D eigenvalue weighted by Crippen LogP contribution is -2.08. The molecular weight excluding hydrogens is 485 g/mol. The molecule has 0 atom stereocenters. The lowest BCUT2D eigenvalue weighted by atomic mass is 10.0. The van der Waals surface area contributed by atoms with Gasteiger partial charge in [-0.3, -0.25) is 9.13 Å². The number of alkyl halides is 3. The zero-order valence-electron chi connectivity index (χ0n) is 19.1. The summed E-state index contributed by atoms with van der Waals surface area (Å²) in [4.78, 5) is 9.79. The van der Waals surface area contributed by atoms with E-state index in [0.29, 0.717) is 17.2 Å². The van der Waals surface area contributed by atoms with Gasteiger partial charge in [0.05, 0.1) is 24.1 Å². The Morgan fingerprint density at radius 2 is 1.69 bits per heavy atom. The van der Waals surface area contributed by atoms with Gasteiger partial charge in [0.15, 0.2) is 5.82 Å². The van der Waals surface area contributed by atoms with Crippen LogP contribution in [0.2, 0.25) is 0 Å². The number of aromatic nitrogens is 4. The smallest absolute Gasteiger partial charge is 0.390 e. The van der Waals surface area contributed by atoms with Gasteiger partial charge in [-0.05, 0) is 47.7 Å². The number of benzene rings is 3. The van der Waals surface area contributed by atoms with Crippen molar-refractivity contribution >= 4 is 11.8 Å². The SMILES string of the molecule is CSc1cccc(-c2ccc(-n3cc(-n4cnc(CO)c4)nc3-c3ccccc3C(F)(F)F)cc2)c1. The number of nitrogens with zero attached hydrogens (tertiary/aromatic N) is 4. The van der Waals surface area contributed by atoms with Crippen molar-refractivity contribution in [3.63, 3.8) is 0 Å². The van der Waals surface area contributed by atoms with Gasteiger partial charge in [-0.1, -0.05) is 42.5 Å². The Balaban J connectivity index is 1.64. The molecule has 0 radical (unpaired) electrons. The maximum Gasteiger partial charge on any atom is 0.417 e. The molecule has 0 fully saturated rings. The number of imidazole rings is 2. The molecule has 0 aliphatic heterocycles. The van der Waals surface area contributed by atoms with E-state index in [9.17, 15) is 18.3 Å². The highest BCUT2D eigenvalue weighted by Crippen LogP contribution is 2.38. The van der Waals surface area contributed by atoms with Gasteiger partial charge in [0.1, 0.15) is 12.2 Å². The van der Waals surface area contributed by atoms with E-state index in [2.05, 4.69) is 16.0 Å². The molecule has 5 rings (SSSR count). The van der Waals surface area contributed by atoms with E-state index in [1.807, 2.05) is 48.7 Å². The van der Waals surface area contributed by atoms with E-state index in [-0.39, 0.29) is 18.0 Å². The van der Waals surface area contributed by atoms with Crippen molar-refractivity contribution in [1.82, 2.24) is 19.1 Å². The Morgan fingerprint density at radius 3 is 2.39 bits per heavy atom. The van der Waals surface area contributed by atoms with Crippen LogP contribution in [0.25, 0.3) is 34.0 Å². The lowest BCUT2D eigenvalue weighted by molar-refractivity contribution is -0.137. The fourth-order valence-electron chi connectivity index (χ4n) is 3.99. The first-order chi connectivity index (χ1) is 17.4. The molecule has 182 valence electrons. The Labute approximate surface area is 209 Å². The predicted molar refractivity (Wildman–Crippen MR) is 134 cm³/mol. The highest BCUT2D eigenvalue weighted by molar-refractivity contribution is 7.98. The first-order valence-electron chi connectivity index (χ1n) is 11.0. The average Bonchev–Trinajstić information content (AvgIpc) is 3.56. The number of rotatable bonds is 6. The standard InChI is InChI=1S/C27H21F3N4OS/c1-36-22-6-4-5-19(13-22)18-9-11-21(12-10-18)34-15-25(33-14-20(16-35)31-17-33)32-26(34)23-7-2-3-8-24(23)27(28,29)30/h2-15,17,35H,16H2,1H3. The average molecular weight is 507 g/mol. The second-order valence-corrected chi connectivity index (χ2v) is 8.92. The molecule has 0 aliphatic rings. The summed E-state index contributed by atoms with van der Waals surface area (Å²) in [5.74, 6) is 0.528. The first kappa shape index (κ1) is 23.9. The van der Waals surface area contributed by atoms with Crippen LogP contribution >= 0.6 is 11.8 Å². The Bertz CT molecular complexity index is 1510. The van der Waals surface area contributed by atoms with Crippen molar-refractivity contribution in [2.75, 3.05) is 6.26 Å². The Kier molecular flexibility index (Phi) is 6.42. The van der Waals surface area contributed by atoms with Crippen molar-refractivity contribution < 1.29 is 18.3 Å². The van der Waals surface area contributed by atoms with Crippen LogP contribution in [0.5, 0.6) is 0 Å². The monoisotopic (exact) mass is 506 g/mol. The molecule has 36 heavy (non-hydrogen) atoms. The Morgan fingerprint density at radius 1 is 0.917 bits per heavy atom. The second kappa shape index (κ2) is 9.67. The van der Waals surface area contributed by atoms with Gasteiger partial charge in [0.25, 0.3) is 0 Å². The van der Waals surface area contributed by atoms with Gasteiger partial charge in [0, 0.05) is 22.3 Å². The summed E-state index contributed by atoms with van der Waals surface area (Å²) in [7, 11) is 0. The third kappa shape index (κ3) is 4.67. The molecule has 0 aliphatic carbocycles. The quantitative estimate of drug-likeness (QED) is 0.263. The van der Waals surface area contributed by atoms with Crippen LogP contribution in [0.15, 0.2) is 96.4 Å². The summed E-state index contributed by atoms with van der Waals surface area (Å²) in [5.41, 5.74) is 2.34. The maximum atomic E-state index is 13.9. The zero-order chi connectivity index (χ0) is 25.3. The molecule has 5 nitrogen and oxygen atoms in total. The molecule has 0 saturated carbocycles. The number of halogens is 3. The second-order valence-electron chi connectivity index (χ2n) is 8.05. The van der Waals surface area contributed by atoms with E-state index in [0.717, 1.165) is 22.1 Å². The largest absolute Gasteiger partial charge is 0.417 e. The molecule has 0 unspecified atom stereocenters. The zero-order valence-corrected chi connectivity index (χ0v) is 20.0. The van der Waals surface area contributed by atoms with E-state index in [1.54, 1.807) is 39.4 Å². The molecule has 0 spiro atoms. The van der Waals surface area contributed by atoms with Gasteiger partial charge in [0.2, 0.25) is 0 Å². The number of aliphatic hydroxyl groups excluding tert-OH is 1. The van der Waals surface area contributed by atoms with Crippen molar-refractivity contribution in [2.45, 2.75) is 17.7 Å². The summed E-state index contributed by atoms with van der Waals surface area (Å²) in [6.45, 7) is -0.253. The number of aliphatic hydroxyl groups is 1. The van der Waals surface area contributed by atoms with Gasteiger partial charge >= 0.3 is 6.18 Å². The first-order valence-corrected chi connectivity index (χ1v) is 12.2. The van der Waals surface area contributed by atoms with Crippen molar-refractivity contribution in [1.29, 1.82) is 0 Å². The van der Waals surface area contributed by atoms with Crippen LogP contribution < -0.4 is 0 Å². The molecule has 2 heterocycles. The Hall–Kier alpha value is -3.82. The summed E-state index contributed by atoms with van der Waals surface area (Å²) in [6, 6.07) is 21.1. The van der Waals surface area contributed by atoms with Gasteiger partial charge in [-0.25, -0.2) is 9.97 Å². The van der Waals surface area contributed by atoms with Crippen molar-refractivity contribution in [3.05, 3.63) is 103 Å². The molecule has 1 N–H and O–H groups in total. The summed E-state index contributed by atoms with van der Waals surface area (Å²) < 4.78 is 44.8. The van der Waals surface area contributed by atoms with Gasteiger partial charge in [-0.2, -0.15) is 13.2 Å². The van der Waals surface area contributed by atoms with E-state index >= 15 is 0 Å². The number of thioether (sulfide) groups is 1. The topological polar surface area (TPSA) is 55.9 Å². The maximum absolute atomic E-state index is 13.9. The predicted octanol–water partition coefficient (Wildman–Crippen LogP) is 6.63. The fourth-order valence-corrected chi connectivity index (χ4v) is 4.45. The van der Waals surface area contributed by atoms with Crippen LogP contribution in [-0.4, -0.2) is 30.5 Å². The van der Waals surface area contributed by atoms with Crippen LogP contribution in [0.1, 0.15) is 11.3 Å². The van der Waals surface area contributed by atoms with Crippen LogP contribution in [-0.2, 0) is 12.8 Å². The molecule has 0 amide bonds. The third-order valence-corrected chi connectivity index (χ3v) is 6.50. The number of hydrogen-bond donors (Lipinski definition) is 1. The van der Waals surface area contributed by atoms with Crippen LogP contribution in [0.3, 0.4) is 0 Å². The summed E-state index contributed by atoms with van der Waals surface area (Å²) in [5, 5.41) is 9.36. The van der Waals surface area contributed by atoms with E-state index < -0.39 is 11.7 Å². The minimum absolute atomic E-state index is 0.0319. The van der Waals surface area contributed by atoms with E-state index in [1.165, 1.54) is 18.5 Å². The van der Waals surface area contributed by atoms with E-state index in [4.69, 9.17) is 0 Å². The lowest BCUT2D eigenvalue weighted by Gasteiger charge is -2.14. The molecule has 5 aromatic rings. The molecule has 3 aromatic carbocycles. The highest BCUT2D eigenvalue weighted by atomic mass is 32.2. The third-order valence-electron chi connectivity index (χ3n) is 5.78.